The van der Waals surface area contributed by atoms with E-state index < -0.39 is 20.4 Å². The number of rotatable bonds is 7. The third-order valence-electron chi connectivity index (χ3n) is 2.56. The lowest BCUT2D eigenvalue weighted by Crippen LogP contribution is -2.28. The van der Waals surface area contributed by atoms with Crippen LogP contribution >= 0.6 is 20.4 Å². The molecule has 0 heterocycles. The van der Waals surface area contributed by atoms with Crippen molar-refractivity contribution in [1.82, 2.24) is 3.71 Å². The minimum absolute atomic E-state index is 0.839. The van der Waals surface area contributed by atoms with Gasteiger partial charge in [0.1, 0.15) is 0 Å². The van der Waals surface area contributed by atoms with Crippen LogP contribution in [-0.2, 0) is 0 Å². The molecule has 0 N–H and O–H groups in total. The van der Waals surface area contributed by atoms with E-state index in [2.05, 4.69) is 59.6 Å². The van der Waals surface area contributed by atoms with Crippen LogP contribution < -0.4 is 0 Å². The molecule has 0 aromatic carbocycles. The van der Waals surface area contributed by atoms with E-state index in [1.165, 1.54) is 19.4 Å². The van der Waals surface area contributed by atoms with Crippen molar-refractivity contribution in [2.24, 2.45) is 0 Å². The lowest BCUT2D eigenvalue weighted by molar-refractivity contribution is 0.648. The molecule has 3 heteroatoms. The van der Waals surface area contributed by atoms with Crippen LogP contribution in [0.5, 0.6) is 0 Å². The molecule has 0 aromatic heterocycles. The third-order valence-corrected chi connectivity index (χ3v) is 8.96. The zero-order valence-corrected chi connectivity index (χ0v) is 12.6. The molecule has 0 bridgehead atoms. The van der Waals surface area contributed by atoms with Crippen molar-refractivity contribution in [2.45, 2.75) is 19.8 Å². The van der Waals surface area contributed by atoms with Gasteiger partial charge in [-0.1, -0.05) is 26.5 Å². The maximum atomic E-state index is 3.98. The Bertz CT molecular complexity index is 202. The topological polar surface area (TPSA) is 3.24 Å². The van der Waals surface area contributed by atoms with E-state index in [0.717, 1.165) is 0 Å². The van der Waals surface area contributed by atoms with Gasteiger partial charge in [0.15, 0.2) is 0 Å². The summed E-state index contributed by atoms with van der Waals surface area (Å²) in [6, 6.07) is 0. The summed E-state index contributed by atoms with van der Waals surface area (Å²) in [5.74, 6) is 0. The first-order valence-corrected chi connectivity index (χ1v) is 10.2. The zero-order chi connectivity index (χ0) is 12.1. The summed E-state index contributed by atoms with van der Waals surface area (Å²) in [6.45, 7) is 11.4. The van der Waals surface area contributed by atoms with E-state index in [9.17, 15) is 0 Å². The highest BCUT2D eigenvalue weighted by molar-refractivity contribution is 8.46. The lowest BCUT2D eigenvalue weighted by Gasteiger charge is -2.51. The molecule has 0 spiro atoms. The Morgan fingerprint density at radius 1 is 1.00 bits per heavy atom. The molecule has 1 nitrogen and oxygen atoms in total. The fourth-order valence-electron chi connectivity index (χ4n) is 1.42. The van der Waals surface area contributed by atoms with Gasteiger partial charge in [-0.3, -0.25) is 0 Å². The maximum absolute atomic E-state index is 3.98. The van der Waals surface area contributed by atoms with Gasteiger partial charge in [0, 0.05) is 6.54 Å². The number of hydrogen-bond acceptors (Lipinski definition) is 1. The van der Waals surface area contributed by atoms with Crippen molar-refractivity contribution in [3.05, 3.63) is 24.0 Å². The summed E-state index contributed by atoms with van der Waals surface area (Å²) in [5.41, 5.74) is 0. The first kappa shape index (κ1) is 15.1. The molecule has 0 amide bonds. The molecular weight excluding hydrogens is 222 g/mol. The molecular formula is C12H27NS2. The van der Waals surface area contributed by atoms with Crippen LogP contribution in [0.3, 0.4) is 0 Å². The summed E-state index contributed by atoms with van der Waals surface area (Å²) in [5, 5.41) is 4.25. The van der Waals surface area contributed by atoms with Crippen LogP contribution in [0.25, 0.3) is 0 Å². The molecule has 0 fully saturated rings. The normalized spacial score (nSPS) is 15.1. The molecule has 92 valence electrons. The van der Waals surface area contributed by atoms with Crippen LogP contribution in [0, 0.1) is 0 Å². The lowest BCUT2D eigenvalue weighted by atomic mass is 10.3. The Hall–Kier alpha value is 0.140. The van der Waals surface area contributed by atoms with Crippen LogP contribution in [0.15, 0.2) is 24.0 Å². The van der Waals surface area contributed by atoms with Crippen molar-refractivity contribution in [3.8, 4) is 0 Å². The summed E-state index contributed by atoms with van der Waals surface area (Å²) in [4.78, 5) is 0. The molecule has 0 atom stereocenters. The van der Waals surface area contributed by atoms with E-state index in [1.54, 1.807) is 0 Å². The van der Waals surface area contributed by atoms with Gasteiger partial charge in [-0.25, -0.2) is 3.71 Å². The Morgan fingerprint density at radius 2 is 1.40 bits per heavy atom. The minimum atomic E-state index is -0.839. The van der Waals surface area contributed by atoms with Gasteiger partial charge in [-0.05, 0) is 42.3 Å². The smallest absolute Gasteiger partial charge is 0.0175 e. The molecule has 0 unspecified atom stereocenters. The standard InChI is InChI=1S/C12H27NS2/c1-8-11-12-13(14(4,5)9-2)15(6,7)10-3/h9-10H,2-3,8,11-12H2,1,4-7H3. The number of hydrogen-bond donors (Lipinski definition) is 0. The average Bonchev–Trinajstić information content (AvgIpc) is 2.18. The van der Waals surface area contributed by atoms with Gasteiger partial charge in [-0.2, -0.15) is 20.4 Å². The summed E-state index contributed by atoms with van der Waals surface area (Å²) in [6.07, 6.45) is 11.8. The molecule has 0 rings (SSSR count). The monoisotopic (exact) mass is 249 g/mol. The van der Waals surface area contributed by atoms with Gasteiger partial charge >= 0.3 is 0 Å². The number of nitrogens with zero attached hydrogens (tertiary/aromatic N) is 1. The predicted octanol–water partition coefficient (Wildman–Crippen LogP) is 4.33. The number of unbranched alkanes of at least 4 members (excludes halogenated alkanes) is 1. The van der Waals surface area contributed by atoms with Gasteiger partial charge in [0.05, 0.1) is 0 Å². The molecule has 0 aromatic rings. The molecule has 0 aliphatic heterocycles. The molecule has 0 saturated heterocycles. The van der Waals surface area contributed by atoms with Crippen LogP contribution in [0.2, 0.25) is 0 Å². The quantitative estimate of drug-likeness (QED) is 0.649. The van der Waals surface area contributed by atoms with Crippen LogP contribution in [-0.4, -0.2) is 35.3 Å². The second-order valence-electron chi connectivity index (χ2n) is 4.44. The average molecular weight is 249 g/mol. The maximum Gasteiger partial charge on any atom is 0.0175 e. The van der Waals surface area contributed by atoms with Crippen molar-refractivity contribution in [3.63, 3.8) is 0 Å². The van der Waals surface area contributed by atoms with Crippen molar-refractivity contribution >= 4 is 20.4 Å². The fourth-order valence-corrected chi connectivity index (χ4v) is 7.28. The Morgan fingerprint density at radius 3 is 1.67 bits per heavy atom. The highest BCUT2D eigenvalue weighted by Crippen LogP contribution is 2.61. The second kappa shape index (κ2) is 6.02. The molecule has 15 heavy (non-hydrogen) atoms. The van der Waals surface area contributed by atoms with Gasteiger partial charge in [-0.15, -0.1) is 0 Å². The Balaban J connectivity index is 4.88. The molecule has 0 saturated carbocycles. The molecule has 0 aliphatic carbocycles. The molecule has 0 radical (unpaired) electrons. The third kappa shape index (κ3) is 4.25. The first-order valence-electron chi connectivity index (χ1n) is 5.31. The second-order valence-corrected chi connectivity index (χ2v) is 11.6. The Kier molecular flexibility index (Phi) is 6.08. The van der Waals surface area contributed by atoms with Crippen LogP contribution in [0.4, 0.5) is 0 Å². The van der Waals surface area contributed by atoms with E-state index >= 15 is 0 Å². The van der Waals surface area contributed by atoms with E-state index in [1.807, 2.05) is 0 Å². The minimum Gasteiger partial charge on any atom is -0.225 e. The Labute approximate surface area is 99.5 Å². The van der Waals surface area contributed by atoms with E-state index in [4.69, 9.17) is 0 Å². The highest BCUT2D eigenvalue weighted by atomic mass is 32.3. The highest BCUT2D eigenvalue weighted by Gasteiger charge is 2.26. The van der Waals surface area contributed by atoms with Gasteiger partial charge in [0.2, 0.25) is 0 Å². The summed E-state index contributed by atoms with van der Waals surface area (Å²) >= 11 is 0. The largest absolute Gasteiger partial charge is 0.225 e. The summed E-state index contributed by atoms with van der Waals surface area (Å²) < 4.78 is 2.63. The zero-order valence-electron chi connectivity index (χ0n) is 11.0. The summed E-state index contributed by atoms with van der Waals surface area (Å²) in [7, 11) is -1.68. The van der Waals surface area contributed by atoms with Crippen molar-refractivity contribution in [1.29, 1.82) is 0 Å². The van der Waals surface area contributed by atoms with Crippen LogP contribution in [0.1, 0.15) is 19.8 Å². The van der Waals surface area contributed by atoms with Gasteiger partial charge < -0.3 is 0 Å². The van der Waals surface area contributed by atoms with Crippen molar-refractivity contribution in [2.75, 3.05) is 31.6 Å². The first-order chi connectivity index (χ1) is 6.81. The SMILES string of the molecule is C=CS(C)(C)N(CCCC)S(C)(C)C=C. The predicted molar refractivity (Wildman–Crippen MR) is 80.9 cm³/mol. The van der Waals surface area contributed by atoms with Crippen molar-refractivity contribution < 1.29 is 0 Å². The van der Waals surface area contributed by atoms with Gasteiger partial charge in [0.25, 0.3) is 0 Å². The molecule has 0 aliphatic rings. The fraction of sp³-hybridized carbons (Fsp3) is 0.667. The van der Waals surface area contributed by atoms with E-state index in [0.29, 0.717) is 0 Å². The van der Waals surface area contributed by atoms with E-state index in [-0.39, 0.29) is 0 Å².